The van der Waals surface area contributed by atoms with Crippen molar-refractivity contribution in [3.05, 3.63) is 0 Å². The van der Waals surface area contributed by atoms with Gasteiger partial charge in [0.15, 0.2) is 0 Å². The fourth-order valence-corrected chi connectivity index (χ4v) is 3.13. The van der Waals surface area contributed by atoms with Gasteiger partial charge in [0.1, 0.15) is 5.54 Å². The fourth-order valence-electron chi connectivity index (χ4n) is 3.13. The molecular formula is C15H27N3O. The number of hydrogen-bond acceptors (Lipinski definition) is 4. The SMILES string of the molecule is CC1OCCC1N(C)C(C)CC(C)(C#N)NC1CC1. The predicted octanol–water partition coefficient (Wildman–Crippen LogP) is 1.91. The average Bonchev–Trinajstić information content (AvgIpc) is 3.07. The van der Waals surface area contributed by atoms with Gasteiger partial charge in [-0.1, -0.05) is 0 Å². The van der Waals surface area contributed by atoms with Crippen molar-refractivity contribution in [3.8, 4) is 6.07 Å². The molecule has 108 valence electrons. The molecule has 4 unspecified atom stereocenters. The van der Waals surface area contributed by atoms with Gasteiger partial charge in [0.25, 0.3) is 0 Å². The minimum atomic E-state index is -0.405. The van der Waals surface area contributed by atoms with Gasteiger partial charge in [0.05, 0.1) is 12.2 Å². The largest absolute Gasteiger partial charge is 0.377 e. The van der Waals surface area contributed by atoms with E-state index in [-0.39, 0.29) is 0 Å². The van der Waals surface area contributed by atoms with Crippen molar-refractivity contribution in [2.75, 3.05) is 13.7 Å². The van der Waals surface area contributed by atoms with Crippen LogP contribution in [0.15, 0.2) is 0 Å². The molecule has 2 rings (SSSR count). The lowest BCUT2D eigenvalue weighted by Crippen LogP contribution is -2.50. The second-order valence-corrected chi connectivity index (χ2v) is 6.51. The van der Waals surface area contributed by atoms with Crippen LogP contribution in [0.1, 0.15) is 46.5 Å². The third kappa shape index (κ3) is 3.68. The molecule has 4 heteroatoms. The molecule has 4 atom stereocenters. The summed E-state index contributed by atoms with van der Waals surface area (Å²) in [5.74, 6) is 0. The molecule has 0 spiro atoms. The van der Waals surface area contributed by atoms with E-state index in [1.807, 2.05) is 6.92 Å². The maximum Gasteiger partial charge on any atom is 0.105 e. The highest BCUT2D eigenvalue weighted by molar-refractivity contribution is 5.08. The van der Waals surface area contributed by atoms with Gasteiger partial charge in [0.2, 0.25) is 0 Å². The van der Waals surface area contributed by atoms with Gasteiger partial charge in [-0.05, 0) is 53.5 Å². The number of rotatable bonds is 6. The molecule has 1 saturated heterocycles. The van der Waals surface area contributed by atoms with Crippen molar-refractivity contribution in [1.82, 2.24) is 10.2 Å². The molecule has 0 aromatic rings. The van der Waals surface area contributed by atoms with Crippen molar-refractivity contribution in [3.63, 3.8) is 0 Å². The summed E-state index contributed by atoms with van der Waals surface area (Å²) in [6, 6.07) is 3.90. The number of ether oxygens (including phenoxy) is 1. The highest BCUT2D eigenvalue weighted by Gasteiger charge is 2.37. The highest BCUT2D eigenvalue weighted by atomic mass is 16.5. The van der Waals surface area contributed by atoms with E-state index in [0.29, 0.717) is 24.2 Å². The van der Waals surface area contributed by atoms with Gasteiger partial charge in [-0.3, -0.25) is 10.2 Å². The summed E-state index contributed by atoms with van der Waals surface area (Å²) in [5, 5.41) is 12.9. The first kappa shape index (κ1) is 14.8. The maximum absolute atomic E-state index is 9.45. The minimum absolute atomic E-state index is 0.303. The zero-order valence-corrected chi connectivity index (χ0v) is 12.6. The standard InChI is InChI=1S/C15H27N3O/c1-11(18(4)14-7-8-19-12(14)2)9-15(3,10-16)17-13-5-6-13/h11-14,17H,5-9H2,1-4H3. The lowest BCUT2D eigenvalue weighted by molar-refractivity contribution is 0.0649. The molecule has 0 radical (unpaired) electrons. The Morgan fingerprint density at radius 1 is 1.47 bits per heavy atom. The number of nitrogens with one attached hydrogen (secondary N) is 1. The molecule has 1 saturated carbocycles. The molecule has 0 aromatic carbocycles. The van der Waals surface area contributed by atoms with Crippen molar-refractivity contribution >= 4 is 0 Å². The predicted molar refractivity (Wildman–Crippen MR) is 75.8 cm³/mol. The van der Waals surface area contributed by atoms with Crippen molar-refractivity contribution in [1.29, 1.82) is 5.26 Å². The molecule has 1 N–H and O–H groups in total. The number of nitriles is 1. The number of hydrogen-bond donors (Lipinski definition) is 1. The summed E-state index contributed by atoms with van der Waals surface area (Å²) in [4.78, 5) is 2.39. The minimum Gasteiger partial charge on any atom is -0.377 e. The Kier molecular flexibility index (Phi) is 4.50. The fraction of sp³-hybridized carbons (Fsp3) is 0.933. The first-order valence-corrected chi connectivity index (χ1v) is 7.47. The molecule has 0 bridgehead atoms. The third-order valence-corrected chi connectivity index (χ3v) is 4.61. The summed E-state index contributed by atoms with van der Waals surface area (Å²) in [5.41, 5.74) is -0.405. The molecule has 2 aliphatic rings. The zero-order valence-electron chi connectivity index (χ0n) is 12.6. The van der Waals surface area contributed by atoms with Crippen molar-refractivity contribution in [2.24, 2.45) is 0 Å². The van der Waals surface area contributed by atoms with Crippen LogP contribution in [0, 0.1) is 11.3 Å². The van der Waals surface area contributed by atoms with Crippen LogP contribution in [-0.4, -0.2) is 48.3 Å². The highest BCUT2D eigenvalue weighted by Crippen LogP contribution is 2.27. The smallest absolute Gasteiger partial charge is 0.105 e. The Balaban J connectivity index is 1.90. The second kappa shape index (κ2) is 5.78. The van der Waals surface area contributed by atoms with Gasteiger partial charge in [-0.2, -0.15) is 5.26 Å². The van der Waals surface area contributed by atoms with E-state index in [1.165, 1.54) is 12.8 Å². The van der Waals surface area contributed by atoms with E-state index < -0.39 is 5.54 Å². The van der Waals surface area contributed by atoms with Crippen LogP contribution in [0.4, 0.5) is 0 Å². The Morgan fingerprint density at radius 3 is 2.63 bits per heavy atom. The quantitative estimate of drug-likeness (QED) is 0.797. The van der Waals surface area contributed by atoms with Gasteiger partial charge in [-0.25, -0.2) is 0 Å². The van der Waals surface area contributed by atoms with Crippen LogP contribution < -0.4 is 5.32 Å². The lowest BCUT2D eigenvalue weighted by Gasteiger charge is -2.36. The third-order valence-electron chi connectivity index (χ3n) is 4.61. The molecule has 1 aliphatic carbocycles. The maximum atomic E-state index is 9.45. The topological polar surface area (TPSA) is 48.3 Å². The first-order chi connectivity index (χ1) is 8.95. The van der Waals surface area contributed by atoms with Crippen LogP contribution in [0.3, 0.4) is 0 Å². The van der Waals surface area contributed by atoms with Crippen molar-refractivity contribution in [2.45, 2.75) is 76.2 Å². The number of likely N-dealkylation sites (N-methyl/N-ethyl adjacent to an activating group) is 1. The molecule has 2 fully saturated rings. The van der Waals surface area contributed by atoms with Gasteiger partial charge >= 0.3 is 0 Å². The Hall–Kier alpha value is -0.630. The molecule has 0 amide bonds. The Bertz CT molecular complexity index is 350. The lowest BCUT2D eigenvalue weighted by atomic mass is 9.93. The van der Waals surface area contributed by atoms with E-state index in [4.69, 9.17) is 4.74 Å². The summed E-state index contributed by atoms with van der Waals surface area (Å²) >= 11 is 0. The average molecular weight is 265 g/mol. The molecule has 1 aliphatic heterocycles. The van der Waals surface area contributed by atoms with Crippen LogP contribution in [0.5, 0.6) is 0 Å². The Labute approximate surface area is 117 Å². The summed E-state index contributed by atoms with van der Waals surface area (Å²) in [7, 11) is 2.16. The van der Waals surface area contributed by atoms with E-state index >= 15 is 0 Å². The van der Waals surface area contributed by atoms with Crippen LogP contribution in [0.25, 0.3) is 0 Å². The molecular weight excluding hydrogens is 238 g/mol. The zero-order chi connectivity index (χ0) is 14.0. The van der Waals surface area contributed by atoms with E-state index in [9.17, 15) is 5.26 Å². The summed E-state index contributed by atoms with van der Waals surface area (Å²) in [6.07, 6.45) is 4.70. The molecule has 4 nitrogen and oxygen atoms in total. The van der Waals surface area contributed by atoms with Crippen molar-refractivity contribution < 1.29 is 4.74 Å². The summed E-state index contributed by atoms with van der Waals surface area (Å²) in [6.45, 7) is 7.25. The van der Waals surface area contributed by atoms with Gasteiger partial charge in [-0.15, -0.1) is 0 Å². The van der Waals surface area contributed by atoms with E-state index in [1.54, 1.807) is 0 Å². The Morgan fingerprint density at radius 2 is 2.16 bits per heavy atom. The van der Waals surface area contributed by atoms with E-state index in [2.05, 4.69) is 37.2 Å². The molecule has 0 aromatic heterocycles. The summed E-state index contributed by atoms with van der Waals surface area (Å²) < 4.78 is 5.65. The molecule has 1 heterocycles. The first-order valence-electron chi connectivity index (χ1n) is 7.47. The van der Waals surface area contributed by atoms with Gasteiger partial charge < -0.3 is 4.74 Å². The molecule has 19 heavy (non-hydrogen) atoms. The van der Waals surface area contributed by atoms with Gasteiger partial charge in [0, 0.05) is 24.7 Å². The monoisotopic (exact) mass is 265 g/mol. The second-order valence-electron chi connectivity index (χ2n) is 6.51. The van der Waals surface area contributed by atoms with Crippen LogP contribution >= 0.6 is 0 Å². The number of nitrogens with zero attached hydrogens (tertiary/aromatic N) is 2. The van der Waals surface area contributed by atoms with E-state index in [0.717, 1.165) is 19.4 Å². The van der Waals surface area contributed by atoms with Crippen LogP contribution in [0.2, 0.25) is 0 Å². The van der Waals surface area contributed by atoms with Crippen LogP contribution in [-0.2, 0) is 4.74 Å². The normalized spacial score (nSPS) is 32.0.